The molecule has 0 radical (unpaired) electrons. The smallest absolute Gasteiger partial charge is 0.259 e. The predicted octanol–water partition coefficient (Wildman–Crippen LogP) is 4.25. The number of anilines is 3. The Labute approximate surface area is 203 Å². The lowest BCUT2D eigenvalue weighted by molar-refractivity contribution is -0.121. The zero-order valence-corrected chi connectivity index (χ0v) is 19.4. The standard InChI is InChI=1S/C28H25N3O4/c1-18-6-2-4-8-22(18)29-27(34)24-15-12-19-7-3-5-9-23(19)31(24)28(35)20-10-13-21(14-11-20)30-25(32)16-17-26(30)33/h2-11,13-14,24H,12,15-17H2,1H3,(H,29,34). The molecule has 3 aromatic carbocycles. The fourth-order valence-corrected chi connectivity index (χ4v) is 4.73. The van der Waals surface area contributed by atoms with Gasteiger partial charge in [0.05, 0.1) is 5.69 Å². The summed E-state index contributed by atoms with van der Waals surface area (Å²) in [5.74, 6) is -1.04. The number of nitrogens with one attached hydrogen (secondary N) is 1. The zero-order chi connectivity index (χ0) is 24.5. The van der Waals surface area contributed by atoms with Crippen LogP contribution in [0.1, 0.15) is 40.7 Å². The third-order valence-electron chi connectivity index (χ3n) is 6.60. The number of fused-ring (bicyclic) bond motifs is 1. The second kappa shape index (κ2) is 9.18. The van der Waals surface area contributed by atoms with Gasteiger partial charge in [0.1, 0.15) is 6.04 Å². The third-order valence-corrected chi connectivity index (χ3v) is 6.60. The first kappa shape index (κ1) is 22.5. The van der Waals surface area contributed by atoms with Crippen LogP contribution in [0.25, 0.3) is 0 Å². The number of imide groups is 1. The predicted molar refractivity (Wildman–Crippen MR) is 133 cm³/mol. The Bertz CT molecular complexity index is 1320. The van der Waals surface area contributed by atoms with E-state index < -0.39 is 6.04 Å². The van der Waals surface area contributed by atoms with Crippen LogP contribution in [0, 0.1) is 6.92 Å². The van der Waals surface area contributed by atoms with E-state index in [1.165, 1.54) is 0 Å². The van der Waals surface area contributed by atoms with Crippen LogP contribution >= 0.6 is 0 Å². The number of nitrogens with zero attached hydrogens (tertiary/aromatic N) is 2. The summed E-state index contributed by atoms with van der Waals surface area (Å²) in [5, 5.41) is 2.99. The first-order chi connectivity index (χ1) is 16.9. The number of rotatable bonds is 4. The summed E-state index contributed by atoms with van der Waals surface area (Å²) >= 11 is 0. The van der Waals surface area contributed by atoms with E-state index in [1.54, 1.807) is 29.2 Å². The van der Waals surface area contributed by atoms with E-state index in [4.69, 9.17) is 0 Å². The van der Waals surface area contributed by atoms with Crippen molar-refractivity contribution >= 4 is 40.7 Å². The molecule has 7 nitrogen and oxygen atoms in total. The van der Waals surface area contributed by atoms with Crippen molar-refractivity contribution < 1.29 is 19.2 Å². The molecule has 3 aromatic rings. The minimum absolute atomic E-state index is 0.196. The lowest BCUT2D eigenvalue weighted by Crippen LogP contribution is -2.50. The monoisotopic (exact) mass is 467 g/mol. The maximum Gasteiger partial charge on any atom is 0.259 e. The highest BCUT2D eigenvalue weighted by atomic mass is 16.2. The van der Waals surface area contributed by atoms with Gasteiger partial charge in [-0.1, -0.05) is 36.4 Å². The largest absolute Gasteiger partial charge is 0.324 e. The number of carbonyl (C=O) groups excluding carboxylic acids is 4. The molecule has 1 N–H and O–H groups in total. The topological polar surface area (TPSA) is 86.8 Å². The van der Waals surface area contributed by atoms with Gasteiger partial charge in [0.25, 0.3) is 5.91 Å². The van der Waals surface area contributed by atoms with Crippen molar-refractivity contribution in [1.29, 1.82) is 0 Å². The number of aryl methyl sites for hydroxylation is 2. The van der Waals surface area contributed by atoms with Crippen molar-refractivity contribution in [3.8, 4) is 0 Å². The molecule has 1 fully saturated rings. The van der Waals surface area contributed by atoms with Gasteiger partial charge in [0.15, 0.2) is 0 Å². The van der Waals surface area contributed by atoms with E-state index in [0.29, 0.717) is 35.5 Å². The molecule has 0 saturated carbocycles. The van der Waals surface area contributed by atoms with Crippen LogP contribution in [0.3, 0.4) is 0 Å². The molecule has 0 aromatic heterocycles. The van der Waals surface area contributed by atoms with Crippen LogP contribution < -0.4 is 15.1 Å². The maximum absolute atomic E-state index is 13.8. The van der Waals surface area contributed by atoms with Gasteiger partial charge < -0.3 is 5.32 Å². The van der Waals surface area contributed by atoms with Crippen molar-refractivity contribution in [2.45, 2.75) is 38.6 Å². The van der Waals surface area contributed by atoms with Crippen LogP contribution in [0.2, 0.25) is 0 Å². The van der Waals surface area contributed by atoms with Crippen LogP contribution in [0.4, 0.5) is 17.1 Å². The molecule has 2 heterocycles. The van der Waals surface area contributed by atoms with Gasteiger partial charge in [-0.2, -0.15) is 0 Å². The first-order valence-corrected chi connectivity index (χ1v) is 11.7. The molecule has 1 atom stereocenters. The van der Waals surface area contributed by atoms with E-state index >= 15 is 0 Å². The fraction of sp³-hybridized carbons (Fsp3) is 0.214. The highest BCUT2D eigenvalue weighted by Gasteiger charge is 2.36. The van der Waals surface area contributed by atoms with Gasteiger partial charge in [-0.25, -0.2) is 0 Å². The SMILES string of the molecule is Cc1ccccc1NC(=O)C1CCc2ccccc2N1C(=O)c1ccc(N2C(=O)CCC2=O)cc1. The second-order valence-corrected chi connectivity index (χ2v) is 8.83. The maximum atomic E-state index is 13.8. The highest BCUT2D eigenvalue weighted by Crippen LogP contribution is 2.33. The molecule has 0 aliphatic carbocycles. The number of amides is 4. The molecule has 5 rings (SSSR count). The summed E-state index contributed by atoms with van der Waals surface area (Å²) in [6.45, 7) is 1.92. The molecule has 35 heavy (non-hydrogen) atoms. The summed E-state index contributed by atoms with van der Waals surface area (Å²) in [4.78, 5) is 54.0. The number of benzene rings is 3. The first-order valence-electron chi connectivity index (χ1n) is 11.7. The van der Waals surface area contributed by atoms with Crippen molar-refractivity contribution in [3.05, 3.63) is 89.5 Å². The van der Waals surface area contributed by atoms with E-state index in [-0.39, 0.29) is 36.5 Å². The van der Waals surface area contributed by atoms with Gasteiger partial charge in [-0.05, 0) is 67.3 Å². The Morgan fingerprint density at radius 2 is 1.49 bits per heavy atom. The molecular weight excluding hydrogens is 442 g/mol. The Morgan fingerprint density at radius 3 is 2.20 bits per heavy atom. The van der Waals surface area contributed by atoms with Crippen LogP contribution in [-0.4, -0.2) is 29.7 Å². The quantitative estimate of drug-likeness (QED) is 0.581. The molecule has 0 spiro atoms. The Balaban J connectivity index is 1.46. The molecule has 4 amide bonds. The van der Waals surface area contributed by atoms with E-state index in [2.05, 4.69) is 5.32 Å². The van der Waals surface area contributed by atoms with Crippen molar-refractivity contribution in [3.63, 3.8) is 0 Å². The Kier molecular flexibility index (Phi) is 5.91. The second-order valence-electron chi connectivity index (χ2n) is 8.83. The van der Waals surface area contributed by atoms with E-state index in [1.807, 2.05) is 55.5 Å². The van der Waals surface area contributed by atoms with Gasteiger partial charge in [-0.15, -0.1) is 0 Å². The lowest BCUT2D eigenvalue weighted by atomic mass is 9.94. The molecular formula is C28H25N3O4. The molecule has 176 valence electrons. The number of hydrogen-bond acceptors (Lipinski definition) is 4. The van der Waals surface area contributed by atoms with Crippen molar-refractivity contribution in [1.82, 2.24) is 0 Å². The third kappa shape index (κ3) is 4.21. The fourth-order valence-electron chi connectivity index (χ4n) is 4.73. The summed E-state index contributed by atoms with van der Waals surface area (Å²) in [6.07, 6.45) is 1.57. The Hall–Kier alpha value is -4.26. The summed E-state index contributed by atoms with van der Waals surface area (Å²) in [5.41, 5.74) is 4.19. The number of hydrogen-bond donors (Lipinski definition) is 1. The molecule has 7 heteroatoms. The van der Waals surface area contributed by atoms with Crippen LogP contribution in [0.15, 0.2) is 72.8 Å². The average molecular weight is 468 g/mol. The molecule has 2 aliphatic heterocycles. The molecule has 1 saturated heterocycles. The Morgan fingerprint density at radius 1 is 0.829 bits per heavy atom. The highest BCUT2D eigenvalue weighted by molar-refractivity contribution is 6.20. The van der Waals surface area contributed by atoms with Crippen molar-refractivity contribution in [2.75, 3.05) is 15.1 Å². The van der Waals surface area contributed by atoms with Gasteiger partial charge in [0.2, 0.25) is 17.7 Å². The summed E-state index contributed by atoms with van der Waals surface area (Å²) < 4.78 is 0. The van der Waals surface area contributed by atoms with Gasteiger partial charge in [-0.3, -0.25) is 29.0 Å². The van der Waals surface area contributed by atoms with Gasteiger partial charge >= 0.3 is 0 Å². The minimum Gasteiger partial charge on any atom is -0.324 e. The zero-order valence-electron chi connectivity index (χ0n) is 19.4. The normalized spacial score (nSPS) is 17.3. The van der Waals surface area contributed by atoms with Crippen LogP contribution in [-0.2, 0) is 20.8 Å². The summed E-state index contributed by atoms with van der Waals surface area (Å²) in [6, 6.07) is 20.9. The number of carbonyl (C=O) groups is 4. The molecule has 1 unspecified atom stereocenters. The summed E-state index contributed by atoms with van der Waals surface area (Å²) in [7, 11) is 0. The molecule has 2 aliphatic rings. The average Bonchev–Trinajstić information content (AvgIpc) is 3.22. The molecule has 0 bridgehead atoms. The van der Waals surface area contributed by atoms with Gasteiger partial charge in [0, 0.05) is 29.8 Å². The van der Waals surface area contributed by atoms with Crippen LogP contribution in [0.5, 0.6) is 0 Å². The number of para-hydroxylation sites is 2. The van der Waals surface area contributed by atoms with E-state index in [0.717, 1.165) is 16.0 Å². The van der Waals surface area contributed by atoms with Crippen molar-refractivity contribution in [2.24, 2.45) is 0 Å². The van der Waals surface area contributed by atoms with E-state index in [9.17, 15) is 19.2 Å². The minimum atomic E-state index is -0.682. The lowest BCUT2D eigenvalue weighted by Gasteiger charge is -2.36.